The topological polar surface area (TPSA) is 62.5 Å². The first-order valence-electron chi connectivity index (χ1n) is 6.74. The number of aryl methyl sites for hydroxylation is 1. The van der Waals surface area contributed by atoms with E-state index in [4.69, 9.17) is 5.73 Å². The van der Waals surface area contributed by atoms with Gasteiger partial charge >= 0.3 is 0 Å². The summed E-state index contributed by atoms with van der Waals surface area (Å²) < 4.78 is 0. The summed E-state index contributed by atoms with van der Waals surface area (Å²) in [6, 6.07) is -0.396. The van der Waals surface area contributed by atoms with Gasteiger partial charge in [0.2, 0.25) is 5.91 Å². The summed E-state index contributed by atoms with van der Waals surface area (Å²) in [4.78, 5) is 20.6. The third kappa shape index (κ3) is 3.99. The maximum absolute atomic E-state index is 11.9. The van der Waals surface area contributed by atoms with Gasteiger partial charge in [-0.2, -0.15) is 0 Å². The molecule has 106 valence electrons. The normalized spacial score (nSPS) is 19.2. The van der Waals surface area contributed by atoms with Crippen LogP contribution in [0.25, 0.3) is 0 Å². The molecular weight excluding hydrogens is 260 g/mol. The Labute approximate surface area is 118 Å². The van der Waals surface area contributed by atoms with Gasteiger partial charge in [-0.1, -0.05) is 0 Å². The molecule has 0 bridgehead atoms. The second-order valence-corrected chi connectivity index (χ2v) is 6.16. The molecule has 0 spiro atoms. The molecule has 1 saturated heterocycles. The van der Waals surface area contributed by atoms with Gasteiger partial charge in [-0.05, 0) is 20.3 Å². The molecule has 0 aromatic carbocycles. The number of hydrogen-bond donors (Lipinski definition) is 1. The van der Waals surface area contributed by atoms with Gasteiger partial charge in [-0.25, -0.2) is 4.98 Å². The van der Waals surface area contributed by atoms with Crippen molar-refractivity contribution in [3.63, 3.8) is 0 Å². The monoisotopic (exact) mass is 282 g/mol. The number of aromatic nitrogens is 1. The van der Waals surface area contributed by atoms with Crippen LogP contribution in [0.3, 0.4) is 0 Å². The highest BCUT2D eigenvalue weighted by Crippen LogP contribution is 2.12. The summed E-state index contributed by atoms with van der Waals surface area (Å²) in [5.41, 5.74) is 6.80. The van der Waals surface area contributed by atoms with Gasteiger partial charge in [0.05, 0.1) is 16.7 Å². The van der Waals surface area contributed by atoms with Crippen LogP contribution in [0.4, 0.5) is 0 Å². The first-order valence-corrected chi connectivity index (χ1v) is 7.62. The van der Waals surface area contributed by atoms with E-state index in [1.54, 1.807) is 18.3 Å². The van der Waals surface area contributed by atoms with Crippen molar-refractivity contribution < 1.29 is 4.79 Å². The van der Waals surface area contributed by atoms with Gasteiger partial charge in [0.1, 0.15) is 0 Å². The zero-order chi connectivity index (χ0) is 13.8. The van der Waals surface area contributed by atoms with Crippen molar-refractivity contribution in [2.75, 3.05) is 26.2 Å². The van der Waals surface area contributed by atoms with Crippen LogP contribution in [0.5, 0.6) is 0 Å². The minimum atomic E-state index is -0.396. The number of carbonyl (C=O) groups is 1. The van der Waals surface area contributed by atoms with E-state index < -0.39 is 6.04 Å². The fourth-order valence-electron chi connectivity index (χ4n) is 2.35. The molecule has 5 nitrogen and oxygen atoms in total. The van der Waals surface area contributed by atoms with Gasteiger partial charge in [0.25, 0.3) is 0 Å². The van der Waals surface area contributed by atoms with Crippen LogP contribution >= 0.6 is 11.3 Å². The standard InChI is InChI=1S/C13H22N4OS/c1-10(14)13(18)17-5-3-4-16(6-7-17)8-12-9-19-11(2)15-12/h9-10H,3-8,14H2,1-2H3. The summed E-state index contributed by atoms with van der Waals surface area (Å²) in [5, 5.41) is 3.23. The molecule has 1 unspecified atom stereocenters. The van der Waals surface area contributed by atoms with E-state index in [1.165, 1.54) is 0 Å². The van der Waals surface area contributed by atoms with Crippen molar-refractivity contribution in [3.05, 3.63) is 16.1 Å². The molecule has 0 radical (unpaired) electrons. The molecule has 6 heteroatoms. The largest absolute Gasteiger partial charge is 0.340 e. The van der Waals surface area contributed by atoms with Gasteiger partial charge in [-0.3, -0.25) is 9.69 Å². The van der Waals surface area contributed by atoms with Gasteiger partial charge in [0, 0.05) is 38.1 Å². The molecule has 2 N–H and O–H groups in total. The Morgan fingerprint density at radius 1 is 1.47 bits per heavy atom. The Morgan fingerprint density at radius 2 is 2.26 bits per heavy atom. The molecule has 1 aliphatic heterocycles. The second-order valence-electron chi connectivity index (χ2n) is 5.10. The van der Waals surface area contributed by atoms with Crippen LogP contribution in [-0.2, 0) is 11.3 Å². The fourth-order valence-corrected chi connectivity index (χ4v) is 2.95. The highest BCUT2D eigenvalue weighted by molar-refractivity contribution is 7.09. The molecule has 1 aromatic rings. The third-order valence-electron chi connectivity index (χ3n) is 3.34. The number of carbonyl (C=O) groups excluding carboxylic acids is 1. The zero-order valence-electron chi connectivity index (χ0n) is 11.6. The fraction of sp³-hybridized carbons (Fsp3) is 0.692. The molecule has 1 amide bonds. The van der Waals surface area contributed by atoms with Crippen LogP contribution in [-0.4, -0.2) is 52.9 Å². The third-order valence-corrected chi connectivity index (χ3v) is 4.16. The van der Waals surface area contributed by atoms with E-state index in [1.807, 2.05) is 11.8 Å². The predicted molar refractivity (Wildman–Crippen MR) is 77.0 cm³/mol. The van der Waals surface area contributed by atoms with Gasteiger partial charge < -0.3 is 10.6 Å². The lowest BCUT2D eigenvalue weighted by molar-refractivity contribution is -0.132. The molecule has 1 fully saturated rings. The summed E-state index contributed by atoms with van der Waals surface area (Å²) in [7, 11) is 0. The first kappa shape index (κ1) is 14.4. The smallest absolute Gasteiger partial charge is 0.239 e. The molecule has 1 aliphatic rings. The molecule has 0 saturated carbocycles. The van der Waals surface area contributed by atoms with Gasteiger partial charge in [-0.15, -0.1) is 11.3 Å². The highest BCUT2D eigenvalue weighted by Gasteiger charge is 2.21. The maximum atomic E-state index is 11.9. The zero-order valence-corrected chi connectivity index (χ0v) is 12.4. The quantitative estimate of drug-likeness (QED) is 0.892. The number of thiazole rings is 1. The van der Waals surface area contributed by atoms with Crippen LogP contribution in [0, 0.1) is 6.92 Å². The summed E-state index contributed by atoms with van der Waals surface area (Å²) in [6.45, 7) is 8.15. The Bertz CT molecular complexity index is 432. The van der Waals surface area contributed by atoms with E-state index >= 15 is 0 Å². The molecule has 2 heterocycles. The molecule has 2 rings (SSSR count). The first-order chi connectivity index (χ1) is 9.06. The van der Waals surface area contributed by atoms with Crippen LogP contribution in [0.15, 0.2) is 5.38 Å². The van der Waals surface area contributed by atoms with E-state index in [0.717, 1.165) is 49.8 Å². The average molecular weight is 282 g/mol. The summed E-state index contributed by atoms with van der Waals surface area (Å²) in [5.74, 6) is 0.0614. The van der Waals surface area contributed by atoms with Crippen LogP contribution in [0.2, 0.25) is 0 Å². The van der Waals surface area contributed by atoms with E-state index in [0.29, 0.717) is 0 Å². The maximum Gasteiger partial charge on any atom is 0.239 e. The van der Waals surface area contributed by atoms with Crippen molar-refractivity contribution >= 4 is 17.2 Å². The van der Waals surface area contributed by atoms with E-state index in [-0.39, 0.29) is 5.91 Å². The number of nitrogens with zero attached hydrogens (tertiary/aromatic N) is 3. The Morgan fingerprint density at radius 3 is 2.89 bits per heavy atom. The number of rotatable bonds is 3. The lowest BCUT2D eigenvalue weighted by Crippen LogP contribution is -2.43. The predicted octanol–water partition coefficient (Wildman–Crippen LogP) is 0.833. The lowest BCUT2D eigenvalue weighted by atomic mass is 10.3. The number of hydrogen-bond acceptors (Lipinski definition) is 5. The van der Waals surface area contributed by atoms with Crippen molar-refractivity contribution in [1.29, 1.82) is 0 Å². The Kier molecular flexibility index (Phi) is 4.90. The molecule has 1 atom stereocenters. The highest BCUT2D eigenvalue weighted by atomic mass is 32.1. The molecule has 0 aliphatic carbocycles. The van der Waals surface area contributed by atoms with Crippen LogP contribution in [0.1, 0.15) is 24.0 Å². The van der Waals surface area contributed by atoms with E-state index in [2.05, 4.69) is 15.3 Å². The lowest BCUT2D eigenvalue weighted by Gasteiger charge is -2.23. The van der Waals surface area contributed by atoms with Crippen molar-refractivity contribution in [2.24, 2.45) is 5.73 Å². The Balaban J connectivity index is 1.88. The Hall–Kier alpha value is -0.980. The average Bonchev–Trinajstić information content (AvgIpc) is 2.63. The SMILES string of the molecule is Cc1nc(CN2CCCN(C(=O)C(C)N)CC2)cs1. The van der Waals surface area contributed by atoms with Crippen molar-refractivity contribution in [2.45, 2.75) is 32.9 Å². The molecule has 1 aromatic heterocycles. The van der Waals surface area contributed by atoms with Crippen LogP contribution < -0.4 is 5.73 Å². The minimum Gasteiger partial charge on any atom is -0.340 e. The summed E-state index contributed by atoms with van der Waals surface area (Å²) >= 11 is 1.69. The summed E-state index contributed by atoms with van der Waals surface area (Å²) in [6.07, 6.45) is 1.00. The molecular formula is C13H22N4OS. The van der Waals surface area contributed by atoms with Gasteiger partial charge in [0.15, 0.2) is 0 Å². The van der Waals surface area contributed by atoms with Crippen molar-refractivity contribution in [3.8, 4) is 0 Å². The number of nitrogens with two attached hydrogens (primary N) is 1. The number of amides is 1. The second kappa shape index (κ2) is 6.45. The van der Waals surface area contributed by atoms with Crippen molar-refractivity contribution in [1.82, 2.24) is 14.8 Å². The molecule has 19 heavy (non-hydrogen) atoms. The van der Waals surface area contributed by atoms with E-state index in [9.17, 15) is 4.79 Å². The minimum absolute atomic E-state index is 0.0614.